The average Bonchev–Trinajstić information content (AvgIpc) is 2.97. The first-order valence-corrected chi connectivity index (χ1v) is 15.1. The van der Waals surface area contributed by atoms with E-state index in [0.717, 1.165) is 60.3 Å². The molecule has 15 nitrogen and oxygen atoms in total. The van der Waals surface area contributed by atoms with Crippen LogP contribution in [0.15, 0.2) is 27.4 Å². The van der Waals surface area contributed by atoms with Crippen LogP contribution in [0.4, 0.5) is 0 Å². The Hall–Kier alpha value is -4.66. The molecular weight excluding hydrogens is 624 g/mol. The Bertz CT molecular complexity index is 1550. The normalized spacial score (nSPS) is 25.6. The Morgan fingerprint density at radius 3 is 1.96 bits per heavy atom. The Labute approximate surface area is 269 Å². The van der Waals surface area contributed by atoms with Gasteiger partial charge in [-0.2, -0.15) is 0 Å². The van der Waals surface area contributed by atoms with Crippen molar-refractivity contribution >= 4 is 40.8 Å². The first kappa shape index (κ1) is 35.2. The largest absolute Gasteiger partial charge is 0.485 e. The van der Waals surface area contributed by atoms with Gasteiger partial charge in [0.25, 0.3) is 5.75 Å². The van der Waals surface area contributed by atoms with Crippen LogP contribution in [0.3, 0.4) is 0 Å². The molecule has 47 heavy (non-hydrogen) atoms. The molecule has 2 aliphatic rings. The molecule has 1 aliphatic heterocycles. The van der Waals surface area contributed by atoms with E-state index in [1.165, 1.54) is 18.2 Å². The summed E-state index contributed by atoms with van der Waals surface area (Å²) in [5.74, 6) is -3.53. The molecule has 4 rings (SSSR count). The number of benzene rings is 1. The molecule has 1 aromatic carbocycles. The van der Waals surface area contributed by atoms with E-state index in [0.29, 0.717) is 11.3 Å². The maximum Gasteiger partial charge on any atom is 0.383 e. The first-order chi connectivity index (χ1) is 22.2. The van der Waals surface area contributed by atoms with Gasteiger partial charge >= 0.3 is 35.5 Å². The summed E-state index contributed by atoms with van der Waals surface area (Å²) in [6.45, 7) is 7.34. The second kappa shape index (κ2) is 15.3. The molecule has 0 amide bonds. The van der Waals surface area contributed by atoms with Crippen LogP contribution >= 0.6 is 0 Å². The third-order valence-corrected chi connectivity index (χ3v) is 7.49. The fraction of sp³-hybridized carbons (Fsp3) is 0.562. The third-order valence-electron chi connectivity index (χ3n) is 7.49. The predicted octanol–water partition coefficient (Wildman–Crippen LogP) is 3.14. The second-order valence-corrected chi connectivity index (χ2v) is 11.5. The number of ether oxygens (including phenoxy) is 8. The molecule has 1 saturated carbocycles. The Balaban J connectivity index is 1.73. The van der Waals surface area contributed by atoms with Crippen molar-refractivity contribution in [1.29, 1.82) is 0 Å². The molecule has 0 spiro atoms. The standard InChI is InChI=1S/C32H38O15/c1-15-7-9-21(10-8-15)44-26-23-12-11-22(13-24(23)46-31(38)29(26)42-19(5)36)45-32-30(43-20(6)37)28(41-18(4)35)27(40-17(3)34)25(47-32)14-39-16(2)33/h11-13,15,21,25,27-28,30,32H,7-10,14H2,1-6H3/t15-,21+,25-,27+,28+,30-,32-/m1/s1. The SMILES string of the molecule is CC(=O)OC[C@H]1O[C@@H](Oc2ccc3c(O[C@H]4CC[C@@H](C)CC4)c(OC(C)=O)c(=O)oc3c2)[C@H](OC(C)=O)[C@@H](OC(C)=O)[C@H]1OC(C)=O. The van der Waals surface area contributed by atoms with E-state index in [9.17, 15) is 28.8 Å². The lowest BCUT2D eigenvalue weighted by molar-refractivity contribution is -0.288. The Morgan fingerprint density at radius 2 is 1.36 bits per heavy atom. The van der Waals surface area contributed by atoms with Crippen LogP contribution in [0.2, 0.25) is 0 Å². The Kier molecular flexibility index (Phi) is 11.4. The van der Waals surface area contributed by atoms with Gasteiger partial charge in [-0.05, 0) is 43.7 Å². The van der Waals surface area contributed by atoms with Crippen molar-refractivity contribution in [2.45, 2.75) is 104 Å². The number of hydrogen-bond acceptors (Lipinski definition) is 15. The smallest absolute Gasteiger partial charge is 0.383 e. The fourth-order valence-electron chi connectivity index (χ4n) is 5.49. The fourth-order valence-corrected chi connectivity index (χ4v) is 5.49. The molecule has 2 aromatic rings. The van der Waals surface area contributed by atoms with Crippen molar-refractivity contribution in [3.8, 4) is 17.2 Å². The highest BCUT2D eigenvalue weighted by Crippen LogP contribution is 2.39. The van der Waals surface area contributed by atoms with Gasteiger partial charge in [-0.3, -0.25) is 24.0 Å². The van der Waals surface area contributed by atoms with Gasteiger partial charge in [-0.1, -0.05) is 6.92 Å². The van der Waals surface area contributed by atoms with Gasteiger partial charge in [-0.15, -0.1) is 0 Å². The van der Waals surface area contributed by atoms with Crippen LogP contribution in [0.25, 0.3) is 11.0 Å². The quantitative estimate of drug-likeness (QED) is 0.205. The van der Waals surface area contributed by atoms with Crippen molar-refractivity contribution in [3.05, 3.63) is 28.6 Å². The minimum Gasteiger partial charge on any atom is -0.485 e. The summed E-state index contributed by atoms with van der Waals surface area (Å²) in [4.78, 5) is 72.7. The van der Waals surface area contributed by atoms with Crippen molar-refractivity contribution < 1.29 is 66.3 Å². The Morgan fingerprint density at radius 1 is 0.745 bits per heavy atom. The van der Waals surface area contributed by atoms with Crippen LogP contribution in [-0.4, -0.2) is 73.3 Å². The molecule has 0 radical (unpaired) electrons. The number of fused-ring (bicyclic) bond motifs is 1. The summed E-state index contributed by atoms with van der Waals surface area (Å²) in [6, 6.07) is 4.34. The van der Waals surface area contributed by atoms with Gasteiger partial charge in [0.1, 0.15) is 24.0 Å². The molecule has 256 valence electrons. The molecular formula is C32H38O15. The number of carbonyl (C=O) groups excluding carboxylic acids is 5. The molecule has 5 atom stereocenters. The summed E-state index contributed by atoms with van der Waals surface area (Å²) >= 11 is 0. The predicted molar refractivity (Wildman–Crippen MR) is 158 cm³/mol. The highest BCUT2D eigenvalue weighted by atomic mass is 16.7. The lowest BCUT2D eigenvalue weighted by Crippen LogP contribution is -2.63. The number of rotatable bonds is 10. The molecule has 15 heteroatoms. The monoisotopic (exact) mass is 662 g/mol. The van der Waals surface area contributed by atoms with Crippen LogP contribution in [0.5, 0.6) is 17.2 Å². The number of hydrogen-bond donors (Lipinski definition) is 0. The lowest BCUT2D eigenvalue weighted by Gasteiger charge is -2.43. The van der Waals surface area contributed by atoms with Crippen LogP contribution in [0, 0.1) is 5.92 Å². The maximum absolute atomic E-state index is 13.0. The third kappa shape index (κ3) is 9.21. The summed E-state index contributed by atoms with van der Waals surface area (Å²) in [5, 5.41) is 0.313. The zero-order valence-electron chi connectivity index (χ0n) is 26.9. The lowest BCUT2D eigenvalue weighted by atomic mass is 9.89. The number of carbonyl (C=O) groups is 5. The van der Waals surface area contributed by atoms with Crippen LogP contribution in [0.1, 0.15) is 67.2 Å². The van der Waals surface area contributed by atoms with E-state index >= 15 is 0 Å². The van der Waals surface area contributed by atoms with Gasteiger partial charge in [0, 0.05) is 40.7 Å². The first-order valence-electron chi connectivity index (χ1n) is 15.1. The zero-order chi connectivity index (χ0) is 34.4. The topological polar surface area (TPSA) is 189 Å². The van der Waals surface area contributed by atoms with Crippen molar-refractivity contribution in [2.75, 3.05) is 6.61 Å². The van der Waals surface area contributed by atoms with Crippen molar-refractivity contribution in [2.24, 2.45) is 5.92 Å². The summed E-state index contributed by atoms with van der Waals surface area (Å²) in [5.41, 5.74) is -0.954. The van der Waals surface area contributed by atoms with Crippen molar-refractivity contribution in [3.63, 3.8) is 0 Å². The minimum atomic E-state index is -1.51. The van der Waals surface area contributed by atoms with E-state index in [-0.39, 0.29) is 28.9 Å². The average molecular weight is 663 g/mol. The van der Waals surface area contributed by atoms with Crippen LogP contribution in [-0.2, 0) is 47.7 Å². The van der Waals surface area contributed by atoms with E-state index in [2.05, 4.69) is 6.92 Å². The van der Waals surface area contributed by atoms with Gasteiger partial charge in [-0.25, -0.2) is 4.79 Å². The van der Waals surface area contributed by atoms with Gasteiger partial charge in [0.15, 0.2) is 18.0 Å². The summed E-state index contributed by atoms with van der Waals surface area (Å²) in [6.07, 6.45) is -3.90. The van der Waals surface area contributed by atoms with E-state index < -0.39 is 72.8 Å². The highest BCUT2D eigenvalue weighted by molar-refractivity contribution is 5.87. The van der Waals surface area contributed by atoms with E-state index in [4.69, 9.17) is 42.3 Å². The van der Waals surface area contributed by atoms with Gasteiger partial charge < -0.3 is 42.3 Å². The molecule has 0 N–H and O–H groups in total. The van der Waals surface area contributed by atoms with Crippen molar-refractivity contribution in [1.82, 2.24) is 0 Å². The molecule has 1 saturated heterocycles. The molecule has 1 aromatic heterocycles. The van der Waals surface area contributed by atoms with E-state index in [1.54, 1.807) is 0 Å². The molecule has 2 heterocycles. The van der Waals surface area contributed by atoms with Gasteiger partial charge in [0.05, 0.1) is 11.5 Å². The zero-order valence-corrected chi connectivity index (χ0v) is 26.9. The summed E-state index contributed by atoms with van der Waals surface area (Å²) < 4.78 is 50.3. The minimum absolute atomic E-state index is 0.00761. The molecule has 0 unspecified atom stereocenters. The second-order valence-electron chi connectivity index (χ2n) is 11.5. The maximum atomic E-state index is 13.0. The van der Waals surface area contributed by atoms with Gasteiger partial charge in [0.2, 0.25) is 12.4 Å². The molecule has 2 fully saturated rings. The van der Waals surface area contributed by atoms with Crippen LogP contribution < -0.4 is 19.8 Å². The molecule has 0 bridgehead atoms. The highest BCUT2D eigenvalue weighted by Gasteiger charge is 2.53. The van der Waals surface area contributed by atoms with E-state index in [1.807, 2.05) is 0 Å². The number of esters is 5. The summed E-state index contributed by atoms with van der Waals surface area (Å²) in [7, 11) is 0. The molecule has 1 aliphatic carbocycles.